The summed E-state index contributed by atoms with van der Waals surface area (Å²) in [5.74, 6) is 1.35. The first-order chi connectivity index (χ1) is 9.24. The summed E-state index contributed by atoms with van der Waals surface area (Å²) in [5, 5.41) is 13.7. The Morgan fingerprint density at radius 3 is 2.42 bits per heavy atom. The molecule has 2 rings (SSSR count). The van der Waals surface area contributed by atoms with E-state index >= 15 is 0 Å². The van der Waals surface area contributed by atoms with Gasteiger partial charge in [-0.2, -0.15) is 0 Å². The Kier molecular flexibility index (Phi) is 5.26. The molecule has 2 N–H and O–H groups in total. The fourth-order valence-corrected chi connectivity index (χ4v) is 3.23. The quantitative estimate of drug-likeness (QED) is 0.823. The van der Waals surface area contributed by atoms with Gasteiger partial charge in [-0.25, -0.2) is 0 Å². The summed E-state index contributed by atoms with van der Waals surface area (Å²) in [6, 6.07) is 8.62. The van der Waals surface area contributed by atoms with Crippen LogP contribution in [-0.2, 0) is 0 Å². The van der Waals surface area contributed by atoms with Crippen LogP contribution in [0.15, 0.2) is 24.3 Å². The van der Waals surface area contributed by atoms with Crippen molar-refractivity contribution in [3.63, 3.8) is 0 Å². The molecule has 0 radical (unpaired) electrons. The van der Waals surface area contributed by atoms with E-state index in [2.05, 4.69) is 19.2 Å². The molecule has 0 saturated heterocycles. The lowest BCUT2D eigenvalue weighted by molar-refractivity contribution is 0.266. The maximum absolute atomic E-state index is 9.98. The van der Waals surface area contributed by atoms with Crippen LogP contribution in [0.1, 0.15) is 64.0 Å². The molecule has 0 heterocycles. The molecule has 1 atom stereocenters. The highest BCUT2D eigenvalue weighted by atomic mass is 16.3. The predicted molar refractivity (Wildman–Crippen MR) is 80.3 cm³/mol. The zero-order valence-electron chi connectivity index (χ0n) is 12.2. The third kappa shape index (κ3) is 3.73. The summed E-state index contributed by atoms with van der Waals surface area (Å²) < 4.78 is 0. The van der Waals surface area contributed by atoms with Gasteiger partial charge in [-0.05, 0) is 44.1 Å². The Balaban J connectivity index is 1.95. The van der Waals surface area contributed by atoms with Gasteiger partial charge in [-0.15, -0.1) is 0 Å². The van der Waals surface area contributed by atoms with Crippen molar-refractivity contribution in [2.75, 3.05) is 0 Å². The minimum absolute atomic E-state index is 0.282. The van der Waals surface area contributed by atoms with E-state index in [1.165, 1.54) is 32.1 Å². The fraction of sp³-hybridized carbons (Fsp3) is 0.647. The molecular weight excluding hydrogens is 234 g/mol. The predicted octanol–water partition coefficient (Wildman–Crippen LogP) is 4.40. The summed E-state index contributed by atoms with van der Waals surface area (Å²) in [6.07, 6.45) is 7.61. The molecule has 1 fully saturated rings. The molecule has 1 aliphatic rings. The van der Waals surface area contributed by atoms with Crippen LogP contribution in [0.3, 0.4) is 0 Å². The molecule has 0 aromatic heterocycles. The number of hydrogen-bond donors (Lipinski definition) is 2. The van der Waals surface area contributed by atoms with Crippen molar-refractivity contribution in [3.8, 4) is 5.75 Å². The second-order valence-electron chi connectivity index (χ2n) is 5.81. The van der Waals surface area contributed by atoms with E-state index in [0.717, 1.165) is 17.9 Å². The summed E-state index contributed by atoms with van der Waals surface area (Å²) in [5.41, 5.74) is 1.04. The highest BCUT2D eigenvalue weighted by Crippen LogP contribution is 2.31. The number of para-hydroxylation sites is 1. The molecule has 1 unspecified atom stereocenters. The lowest BCUT2D eigenvalue weighted by Gasteiger charge is -2.32. The van der Waals surface area contributed by atoms with Crippen LogP contribution < -0.4 is 5.32 Å². The van der Waals surface area contributed by atoms with E-state index in [1.807, 2.05) is 18.2 Å². The summed E-state index contributed by atoms with van der Waals surface area (Å²) >= 11 is 0. The molecule has 0 aliphatic heterocycles. The Hall–Kier alpha value is -1.02. The number of nitrogens with one attached hydrogen (secondary N) is 1. The number of benzene rings is 1. The molecule has 0 amide bonds. The van der Waals surface area contributed by atoms with Gasteiger partial charge in [0.1, 0.15) is 5.75 Å². The highest BCUT2D eigenvalue weighted by Gasteiger charge is 2.23. The van der Waals surface area contributed by atoms with Crippen molar-refractivity contribution in [2.45, 2.75) is 64.5 Å². The molecule has 106 valence electrons. The van der Waals surface area contributed by atoms with Crippen molar-refractivity contribution in [2.24, 2.45) is 5.92 Å². The van der Waals surface area contributed by atoms with Crippen molar-refractivity contribution < 1.29 is 5.11 Å². The second kappa shape index (κ2) is 6.95. The first-order valence-corrected chi connectivity index (χ1v) is 7.78. The van der Waals surface area contributed by atoms with Crippen LogP contribution in [0, 0.1) is 5.92 Å². The van der Waals surface area contributed by atoms with Gasteiger partial charge in [0.15, 0.2) is 0 Å². The largest absolute Gasteiger partial charge is 0.508 e. The average molecular weight is 261 g/mol. The first kappa shape index (κ1) is 14.4. The zero-order chi connectivity index (χ0) is 13.7. The van der Waals surface area contributed by atoms with Crippen LogP contribution in [0.4, 0.5) is 0 Å². The van der Waals surface area contributed by atoms with Crippen LogP contribution in [0.5, 0.6) is 5.75 Å². The number of aromatic hydroxyl groups is 1. The summed E-state index contributed by atoms with van der Waals surface area (Å²) in [6.45, 7) is 4.48. The lowest BCUT2D eigenvalue weighted by Crippen LogP contribution is -2.35. The fourth-order valence-electron chi connectivity index (χ4n) is 3.23. The van der Waals surface area contributed by atoms with Crippen LogP contribution in [0.2, 0.25) is 0 Å². The van der Waals surface area contributed by atoms with E-state index in [0.29, 0.717) is 11.8 Å². The number of rotatable bonds is 5. The van der Waals surface area contributed by atoms with Crippen molar-refractivity contribution in [1.29, 1.82) is 0 Å². The normalized spacial score (nSPS) is 25.2. The van der Waals surface area contributed by atoms with E-state index in [9.17, 15) is 5.11 Å². The van der Waals surface area contributed by atoms with E-state index in [4.69, 9.17) is 0 Å². The second-order valence-corrected chi connectivity index (χ2v) is 5.81. The van der Waals surface area contributed by atoms with Crippen molar-refractivity contribution in [1.82, 2.24) is 5.32 Å². The van der Waals surface area contributed by atoms with E-state index in [1.54, 1.807) is 6.07 Å². The summed E-state index contributed by atoms with van der Waals surface area (Å²) in [4.78, 5) is 0. The van der Waals surface area contributed by atoms with Crippen LogP contribution in [0.25, 0.3) is 0 Å². The highest BCUT2D eigenvalue weighted by molar-refractivity contribution is 5.34. The van der Waals surface area contributed by atoms with Gasteiger partial charge < -0.3 is 10.4 Å². The SMILES string of the molecule is CCC1CCC(NC(CC)c2ccccc2O)CC1. The standard InChI is InChI=1S/C17H27NO/c1-3-13-9-11-14(12-10-13)18-16(4-2)15-7-5-6-8-17(15)19/h5-8,13-14,16,18-19H,3-4,9-12H2,1-2H3. The minimum Gasteiger partial charge on any atom is -0.508 e. The maximum Gasteiger partial charge on any atom is 0.120 e. The summed E-state index contributed by atoms with van der Waals surface area (Å²) in [7, 11) is 0. The van der Waals surface area contributed by atoms with Crippen molar-refractivity contribution >= 4 is 0 Å². The van der Waals surface area contributed by atoms with E-state index < -0.39 is 0 Å². The third-order valence-corrected chi connectivity index (χ3v) is 4.58. The molecule has 19 heavy (non-hydrogen) atoms. The minimum atomic E-state index is 0.282. The Morgan fingerprint density at radius 1 is 1.16 bits per heavy atom. The van der Waals surface area contributed by atoms with Gasteiger partial charge in [-0.1, -0.05) is 38.5 Å². The Bertz CT molecular complexity index is 383. The van der Waals surface area contributed by atoms with Gasteiger partial charge in [0, 0.05) is 17.6 Å². The van der Waals surface area contributed by atoms with Gasteiger partial charge in [0.2, 0.25) is 0 Å². The molecule has 0 bridgehead atoms. The lowest BCUT2D eigenvalue weighted by atomic mass is 9.84. The first-order valence-electron chi connectivity index (χ1n) is 7.78. The number of phenols is 1. The van der Waals surface area contributed by atoms with Crippen LogP contribution in [-0.4, -0.2) is 11.1 Å². The Morgan fingerprint density at radius 2 is 1.84 bits per heavy atom. The number of hydrogen-bond acceptors (Lipinski definition) is 2. The molecule has 1 aliphatic carbocycles. The van der Waals surface area contributed by atoms with Crippen molar-refractivity contribution in [3.05, 3.63) is 29.8 Å². The monoisotopic (exact) mass is 261 g/mol. The van der Waals surface area contributed by atoms with Gasteiger partial charge in [0.05, 0.1) is 0 Å². The number of phenolic OH excluding ortho intramolecular Hbond substituents is 1. The molecule has 1 saturated carbocycles. The average Bonchev–Trinajstić information content (AvgIpc) is 2.46. The topological polar surface area (TPSA) is 32.3 Å². The molecular formula is C17H27NO. The smallest absolute Gasteiger partial charge is 0.120 e. The molecule has 2 heteroatoms. The van der Waals surface area contributed by atoms with Gasteiger partial charge in [0.25, 0.3) is 0 Å². The zero-order valence-corrected chi connectivity index (χ0v) is 12.2. The molecule has 2 nitrogen and oxygen atoms in total. The van der Waals surface area contributed by atoms with Gasteiger partial charge >= 0.3 is 0 Å². The van der Waals surface area contributed by atoms with E-state index in [-0.39, 0.29) is 6.04 Å². The third-order valence-electron chi connectivity index (χ3n) is 4.58. The molecule has 1 aromatic rings. The maximum atomic E-state index is 9.98. The Labute approximate surface area is 117 Å². The van der Waals surface area contributed by atoms with Crippen LogP contribution >= 0.6 is 0 Å². The molecule has 1 aromatic carbocycles. The molecule has 0 spiro atoms. The van der Waals surface area contributed by atoms with Gasteiger partial charge in [-0.3, -0.25) is 0 Å².